The van der Waals surface area contributed by atoms with Crippen LogP contribution >= 0.6 is 34.3 Å². The van der Waals surface area contributed by atoms with E-state index in [1.54, 1.807) is 11.3 Å². The van der Waals surface area contributed by atoms with E-state index in [1.165, 1.54) is 41.6 Å². The zero-order chi connectivity index (χ0) is 25.9. The van der Waals surface area contributed by atoms with E-state index >= 15 is 0 Å². The molecule has 0 amide bonds. The van der Waals surface area contributed by atoms with E-state index in [9.17, 15) is 0 Å². The van der Waals surface area contributed by atoms with Crippen LogP contribution < -0.4 is 0 Å². The maximum atomic E-state index is 6.44. The van der Waals surface area contributed by atoms with Gasteiger partial charge in [0.15, 0.2) is 0 Å². The molecule has 0 N–H and O–H groups in total. The van der Waals surface area contributed by atoms with Gasteiger partial charge in [0.1, 0.15) is 0 Å². The van der Waals surface area contributed by atoms with Gasteiger partial charge in [-0.3, -0.25) is 0 Å². The first-order valence-electron chi connectivity index (χ1n) is 12.7. The molecule has 8 aromatic rings. The number of hydrogen-bond acceptors (Lipinski definition) is 4. The molecule has 5 aromatic carbocycles. The van der Waals surface area contributed by atoms with Gasteiger partial charge in [-0.2, -0.15) is 0 Å². The minimum Gasteiger partial charge on any atom is -0.216 e. The van der Waals surface area contributed by atoms with Crippen molar-refractivity contribution in [1.82, 2.24) is 9.97 Å². The molecule has 5 heteroatoms. The molecular formula is C34H19ClN2S2. The molecule has 0 unspecified atom stereocenters. The van der Waals surface area contributed by atoms with E-state index in [-0.39, 0.29) is 5.28 Å². The van der Waals surface area contributed by atoms with Gasteiger partial charge in [-0.05, 0) is 58.1 Å². The number of thiophene rings is 2. The minimum atomic E-state index is 0.268. The molecule has 0 saturated carbocycles. The Morgan fingerprint density at radius 3 is 1.90 bits per heavy atom. The number of hydrogen-bond donors (Lipinski definition) is 0. The SMILES string of the molecule is Clc1nc(-c2cccc(-c3cccc(-c4cccc5c4sc4ccccc45)c3)c2)c2sc3ccccc3c2n1. The third-order valence-electron chi connectivity index (χ3n) is 7.24. The summed E-state index contributed by atoms with van der Waals surface area (Å²) < 4.78 is 4.89. The Labute approximate surface area is 237 Å². The average molecular weight is 555 g/mol. The predicted octanol–water partition coefficient (Wildman–Crippen LogP) is 10.9. The smallest absolute Gasteiger partial charge is 0.216 e. The van der Waals surface area contributed by atoms with Crippen LogP contribution in [0.5, 0.6) is 0 Å². The maximum Gasteiger partial charge on any atom is 0.223 e. The lowest BCUT2D eigenvalue weighted by Crippen LogP contribution is -1.89. The second-order valence-electron chi connectivity index (χ2n) is 9.56. The molecule has 0 aliphatic rings. The van der Waals surface area contributed by atoms with Gasteiger partial charge < -0.3 is 0 Å². The fourth-order valence-corrected chi connectivity index (χ4v) is 8.01. The van der Waals surface area contributed by atoms with Crippen LogP contribution in [-0.2, 0) is 0 Å². The van der Waals surface area contributed by atoms with Crippen LogP contribution in [0.25, 0.3) is 74.0 Å². The molecule has 0 aliphatic heterocycles. The second-order valence-corrected chi connectivity index (χ2v) is 12.0. The van der Waals surface area contributed by atoms with Crippen LogP contribution in [0.1, 0.15) is 0 Å². The van der Waals surface area contributed by atoms with Gasteiger partial charge in [0, 0.05) is 35.8 Å². The number of rotatable bonds is 3. The van der Waals surface area contributed by atoms with Crippen LogP contribution in [0.4, 0.5) is 0 Å². The fraction of sp³-hybridized carbons (Fsp3) is 0. The summed E-state index contributed by atoms with van der Waals surface area (Å²) in [5, 5.41) is 4.01. The number of aromatic nitrogens is 2. The zero-order valence-corrected chi connectivity index (χ0v) is 22.9. The van der Waals surface area contributed by atoms with Crippen molar-refractivity contribution >= 4 is 74.7 Å². The van der Waals surface area contributed by atoms with E-state index in [1.807, 2.05) is 17.4 Å². The molecule has 184 valence electrons. The van der Waals surface area contributed by atoms with Crippen molar-refractivity contribution in [1.29, 1.82) is 0 Å². The zero-order valence-electron chi connectivity index (χ0n) is 20.6. The largest absolute Gasteiger partial charge is 0.223 e. The van der Waals surface area contributed by atoms with Gasteiger partial charge in [-0.15, -0.1) is 22.7 Å². The summed E-state index contributed by atoms with van der Waals surface area (Å²) in [5.74, 6) is 0. The van der Waals surface area contributed by atoms with Gasteiger partial charge in [0.05, 0.1) is 15.9 Å². The maximum absolute atomic E-state index is 6.44. The van der Waals surface area contributed by atoms with Crippen LogP contribution in [0, 0.1) is 0 Å². The molecule has 39 heavy (non-hydrogen) atoms. The standard InChI is InChI=1S/C34H19ClN2S2/c35-34-36-30(33-31(37-34)27-13-2-4-17-29(27)39-33)23-11-6-9-21(19-23)20-8-5-10-22(18-20)24-14-7-15-26-25-12-1-3-16-28(25)38-32(24)26/h1-19H. The van der Waals surface area contributed by atoms with Crippen molar-refractivity contribution in [2.75, 3.05) is 0 Å². The molecule has 0 bridgehead atoms. The molecule has 0 saturated heterocycles. The highest BCUT2D eigenvalue weighted by Gasteiger charge is 2.16. The van der Waals surface area contributed by atoms with Crippen LogP contribution in [0.3, 0.4) is 0 Å². The molecule has 0 aliphatic carbocycles. The van der Waals surface area contributed by atoms with E-state index in [4.69, 9.17) is 11.6 Å². The summed E-state index contributed by atoms with van der Waals surface area (Å²) in [4.78, 5) is 9.27. The first-order chi connectivity index (χ1) is 19.2. The molecule has 3 aromatic heterocycles. The lowest BCUT2D eigenvalue weighted by molar-refractivity contribution is 1.24. The Bertz CT molecular complexity index is 2210. The van der Waals surface area contributed by atoms with Gasteiger partial charge in [0.2, 0.25) is 5.28 Å². The summed E-state index contributed by atoms with van der Waals surface area (Å²) in [5.41, 5.74) is 7.61. The lowest BCUT2D eigenvalue weighted by Gasteiger charge is -2.09. The summed E-state index contributed by atoms with van der Waals surface area (Å²) >= 11 is 10.0. The average Bonchev–Trinajstić information content (AvgIpc) is 3.55. The quantitative estimate of drug-likeness (QED) is 0.203. The van der Waals surface area contributed by atoms with Crippen molar-refractivity contribution < 1.29 is 0 Å². The molecule has 8 rings (SSSR count). The van der Waals surface area contributed by atoms with Crippen molar-refractivity contribution in [2.45, 2.75) is 0 Å². The Morgan fingerprint density at radius 1 is 0.487 bits per heavy atom. The van der Waals surface area contributed by atoms with E-state index in [0.717, 1.165) is 32.4 Å². The highest BCUT2D eigenvalue weighted by molar-refractivity contribution is 7.26. The molecular weight excluding hydrogens is 536 g/mol. The monoisotopic (exact) mass is 554 g/mol. The van der Waals surface area contributed by atoms with Gasteiger partial charge in [-0.25, -0.2) is 9.97 Å². The van der Waals surface area contributed by atoms with Gasteiger partial charge >= 0.3 is 0 Å². The molecule has 0 radical (unpaired) electrons. The Balaban J connectivity index is 1.26. The third-order valence-corrected chi connectivity index (χ3v) is 9.80. The predicted molar refractivity (Wildman–Crippen MR) is 169 cm³/mol. The highest BCUT2D eigenvalue weighted by atomic mass is 35.5. The van der Waals surface area contributed by atoms with Gasteiger partial charge in [-0.1, -0.05) is 91.0 Å². The number of halogens is 1. The van der Waals surface area contributed by atoms with Crippen molar-refractivity contribution in [3.8, 4) is 33.5 Å². The summed E-state index contributed by atoms with van der Waals surface area (Å²) in [6, 6.07) is 41.0. The topological polar surface area (TPSA) is 25.8 Å². The van der Waals surface area contributed by atoms with E-state index < -0.39 is 0 Å². The number of nitrogens with zero attached hydrogens (tertiary/aromatic N) is 2. The Morgan fingerprint density at radius 2 is 1.08 bits per heavy atom. The van der Waals surface area contributed by atoms with Crippen molar-refractivity contribution in [2.24, 2.45) is 0 Å². The third kappa shape index (κ3) is 3.75. The molecule has 2 nitrogen and oxygen atoms in total. The van der Waals surface area contributed by atoms with E-state index in [0.29, 0.717) is 0 Å². The molecule has 0 fully saturated rings. The van der Waals surface area contributed by atoms with Crippen LogP contribution in [0.2, 0.25) is 5.28 Å². The Kier molecular flexibility index (Phi) is 5.27. The second kappa shape index (κ2) is 8.99. The van der Waals surface area contributed by atoms with Crippen molar-refractivity contribution in [3.63, 3.8) is 0 Å². The Hall–Kier alpha value is -4.09. The minimum absolute atomic E-state index is 0.268. The van der Waals surface area contributed by atoms with Crippen LogP contribution in [-0.4, -0.2) is 9.97 Å². The molecule has 0 atom stereocenters. The summed E-state index contributed by atoms with van der Waals surface area (Å²) in [6.07, 6.45) is 0. The fourth-order valence-electron chi connectivity index (χ4n) is 5.45. The summed E-state index contributed by atoms with van der Waals surface area (Å²) in [6.45, 7) is 0. The lowest BCUT2D eigenvalue weighted by atomic mass is 9.96. The highest BCUT2D eigenvalue weighted by Crippen LogP contribution is 2.42. The number of fused-ring (bicyclic) bond motifs is 6. The number of benzene rings is 5. The van der Waals surface area contributed by atoms with Crippen molar-refractivity contribution in [3.05, 3.63) is 121 Å². The first kappa shape index (κ1) is 22.9. The summed E-state index contributed by atoms with van der Waals surface area (Å²) in [7, 11) is 0. The van der Waals surface area contributed by atoms with Crippen LogP contribution in [0.15, 0.2) is 115 Å². The molecule has 0 spiro atoms. The van der Waals surface area contributed by atoms with Gasteiger partial charge in [0.25, 0.3) is 0 Å². The van der Waals surface area contributed by atoms with E-state index in [2.05, 4.69) is 119 Å². The molecule has 3 heterocycles. The first-order valence-corrected chi connectivity index (χ1v) is 14.7. The normalized spacial score (nSPS) is 11.7.